The van der Waals surface area contributed by atoms with Gasteiger partial charge >= 0.3 is 0 Å². The Hall–Kier alpha value is -2.49. The predicted octanol–water partition coefficient (Wildman–Crippen LogP) is 2.62. The molecule has 0 unspecified atom stereocenters. The van der Waals surface area contributed by atoms with Crippen molar-refractivity contribution in [2.24, 2.45) is 0 Å². The van der Waals surface area contributed by atoms with Crippen LogP contribution in [0.3, 0.4) is 0 Å². The standard InChI is InChI=1S/C14H13N3O/c1-18-13-6-5-10-9-16-17(14(10)8-13)12-4-2-3-11(15)7-12/h2-9H,15H2,1H3. The minimum atomic E-state index is 0.721. The molecule has 1 heterocycles. The van der Waals surface area contributed by atoms with Crippen molar-refractivity contribution in [2.75, 3.05) is 12.8 Å². The molecule has 0 radical (unpaired) electrons. The number of nitrogens with zero attached hydrogens (tertiary/aromatic N) is 2. The minimum Gasteiger partial charge on any atom is -0.497 e. The molecule has 3 aromatic rings. The number of ether oxygens (including phenoxy) is 1. The van der Waals surface area contributed by atoms with Gasteiger partial charge in [-0.2, -0.15) is 5.10 Å². The average molecular weight is 239 g/mol. The molecule has 0 saturated carbocycles. The molecule has 2 aromatic carbocycles. The quantitative estimate of drug-likeness (QED) is 0.699. The van der Waals surface area contributed by atoms with Crippen molar-refractivity contribution in [2.45, 2.75) is 0 Å². The Bertz CT molecular complexity index is 703. The van der Waals surface area contributed by atoms with Crippen LogP contribution in [0.25, 0.3) is 16.6 Å². The first-order valence-corrected chi connectivity index (χ1v) is 5.65. The lowest BCUT2D eigenvalue weighted by Gasteiger charge is -2.05. The summed E-state index contributed by atoms with van der Waals surface area (Å²) in [5, 5.41) is 5.46. The van der Waals surface area contributed by atoms with Crippen molar-refractivity contribution in [3.8, 4) is 11.4 Å². The number of fused-ring (bicyclic) bond motifs is 1. The Kier molecular flexibility index (Phi) is 2.41. The highest BCUT2D eigenvalue weighted by molar-refractivity contribution is 5.81. The minimum absolute atomic E-state index is 0.721. The number of hydrogen-bond donors (Lipinski definition) is 1. The third-order valence-electron chi connectivity index (χ3n) is 2.89. The lowest BCUT2D eigenvalue weighted by atomic mass is 10.2. The van der Waals surface area contributed by atoms with Gasteiger partial charge in [0.1, 0.15) is 5.75 Å². The van der Waals surface area contributed by atoms with Gasteiger partial charge in [0, 0.05) is 17.1 Å². The molecule has 18 heavy (non-hydrogen) atoms. The van der Waals surface area contributed by atoms with Crippen molar-refractivity contribution in [3.05, 3.63) is 48.7 Å². The number of hydrogen-bond acceptors (Lipinski definition) is 3. The van der Waals surface area contributed by atoms with Gasteiger partial charge in [-0.15, -0.1) is 0 Å². The van der Waals surface area contributed by atoms with Crippen LogP contribution < -0.4 is 10.5 Å². The van der Waals surface area contributed by atoms with Crippen LogP contribution in [0.5, 0.6) is 5.75 Å². The van der Waals surface area contributed by atoms with Crippen molar-refractivity contribution in [3.63, 3.8) is 0 Å². The lowest BCUT2D eigenvalue weighted by molar-refractivity contribution is 0.415. The average Bonchev–Trinajstić information content (AvgIpc) is 2.81. The summed E-state index contributed by atoms with van der Waals surface area (Å²) in [5.74, 6) is 0.813. The maximum absolute atomic E-state index is 5.80. The Morgan fingerprint density at radius 3 is 2.83 bits per heavy atom. The fraction of sp³-hybridized carbons (Fsp3) is 0.0714. The maximum Gasteiger partial charge on any atom is 0.121 e. The zero-order valence-corrected chi connectivity index (χ0v) is 10.00. The molecule has 0 spiro atoms. The fourth-order valence-corrected chi connectivity index (χ4v) is 1.99. The normalized spacial score (nSPS) is 10.7. The smallest absolute Gasteiger partial charge is 0.121 e. The molecule has 4 heteroatoms. The molecule has 0 aliphatic rings. The number of benzene rings is 2. The van der Waals surface area contributed by atoms with E-state index in [0.29, 0.717) is 0 Å². The molecule has 4 nitrogen and oxygen atoms in total. The molecule has 0 aliphatic heterocycles. The number of methoxy groups -OCH3 is 1. The number of anilines is 1. The first-order chi connectivity index (χ1) is 8.78. The Labute approximate surface area is 105 Å². The maximum atomic E-state index is 5.80. The number of rotatable bonds is 2. The molecule has 1 aromatic heterocycles. The second kappa shape index (κ2) is 4.07. The van der Waals surface area contributed by atoms with Crippen molar-refractivity contribution in [1.82, 2.24) is 9.78 Å². The monoisotopic (exact) mass is 239 g/mol. The van der Waals surface area contributed by atoms with E-state index >= 15 is 0 Å². The number of nitrogen functional groups attached to an aromatic ring is 1. The second-order valence-electron chi connectivity index (χ2n) is 4.08. The van der Waals surface area contributed by atoms with Gasteiger partial charge in [-0.1, -0.05) is 6.07 Å². The molecule has 0 atom stereocenters. The zero-order chi connectivity index (χ0) is 12.5. The van der Waals surface area contributed by atoms with Gasteiger partial charge in [0.25, 0.3) is 0 Å². The molecular weight excluding hydrogens is 226 g/mol. The largest absolute Gasteiger partial charge is 0.497 e. The molecule has 0 saturated heterocycles. The summed E-state index contributed by atoms with van der Waals surface area (Å²) in [6.07, 6.45) is 1.83. The highest BCUT2D eigenvalue weighted by atomic mass is 16.5. The van der Waals surface area contributed by atoms with Crippen LogP contribution in [-0.2, 0) is 0 Å². The van der Waals surface area contributed by atoms with Gasteiger partial charge in [-0.05, 0) is 30.3 Å². The summed E-state index contributed by atoms with van der Waals surface area (Å²) < 4.78 is 7.10. The molecule has 0 amide bonds. The van der Waals surface area contributed by atoms with Crippen LogP contribution in [0, 0.1) is 0 Å². The van der Waals surface area contributed by atoms with Crippen molar-refractivity contribution >= 4 is 16.6 Å². The second-order valence-corrected chi connectivity index (χ2v) is 4.08. The predicted molar refractivity (Wildman–Crippen MR) is 72.0 cm³/mol. The topological polar surface area (TPSA) is 53.1 Å². The van der Waals surface area contributed by atoms with E-state index in [4.69, 9.17) is 10.5 Å². The van der Waals surface area contributed by atoms with Crippen LogP contribution >= 0.6 is 0 Å². The summed E-state index contributed by atoms with van der Waals surface area (Å²) in [6.45, 7) is 0. The van der Waals surface area contributed by atoms with E-state index in [1.807, 2.05) is 53.3 Å². The first kappa shape index (κ1) is 10.7. The molecule has 0 fully saturated rings. The van der Waals surface area contributed by atoms with Gasteiger partial charge in [-0.25, -0.2) is 4.68 Å². The SMILES string of the molecule is COc1ccc2cnn(-c3cccc(N)c3)c2c1. The van der Waals surface area contributed by atoms with Gasteiger partial charge in [0.15, 0.2) is 0 Å². The molecular formula is C14H13N3O. The zero-order valence-electron chi connectivity index (χ0n) is 10.00. The van der Waals surface area contributed by atoms with Crippen molar-refractivity contribution in [1.29, 1.82) is 0 Å². The molecule has 3 rings (SSSR count). The van der Waals surface area contributed by atoms with Gasteiger partial charge in [0.2, 0.25) is 0 Å². The Balaban J connectivity index is 2.22. The van der Waals surface area contributed by atoms with Gasteiger partial charge < -0.3 is 10.5 Å². The molecule has 0 bridgehead atoms. The van der Waals surface area contributed by atoms with Crippen LogP contribution in [0.2, 0.25) is 0 Å². The molecule has 90 valence electrons. The Morgan fingerprint density at radius 1 is 1.17 bits per heavy atom. The van der Waals surface area contributed by atoms with Crippen LogP contribution in [0.1, 0.15) is 0 Å². The Morgan fingerprint density at radius 2 is 2.06 bits per heavy atom. The lowest BCUT2D eigenvalue weighted by Crippen LogP contribution is -1.97. The van der Waals surface area contributed by atoms with Gasteiger partial charge in [-0.3, -0.25) is 0 Å². The van der Waals surface area contributed by atoms with E-state index in [9.17, 15) is 0 Å². The number of aromatic nitrogens is 2. The van der Waals surface area contributed by atoms with E-state index in [0.717, 1.165) is 28.0 Å². The van der Waals surface area contributed by atoms with E-state index in [2.05, 4.69) is 5.10 Å². The van der Waals surface area contributed by atoms with Crippen LogP contribution in [-0.4, -0.2) is 16.9 Å². The molecule has 2 N–H and O–H groups in total. The summed E-state index contributed by atoms with van der Waals surface area (Å²) in [7, 11) is 1.66. The summed E-state index contributed by atoms with van der Waals surface area (Å²) in [4.78, 5) is 0. The number of nitrogens with two attached hydrogens (primary N) is 1. The van der Waals surface area contributed by atoms with Crippen LogP contribution in [0.15, 0.2) is 48.7 Å². The van der Waals surface area contributed by atoms with Crippen molar-refractivity contribution < 1.29 is 4.74 Å². The molecule has 0 aliphatic carbocycles. The summed E-state index contributed by atoms with van der Waals surface area (Å²) >= 11 is 0. The highest BCUT2D eigenvalue weighted by Gasteiger charge is 2.06. The van der Waals surface area contributed by atoms with Crippen LogP contribution in [0.4, 0.5) is 5.69 Å². The summed E-state index contributed by atoms with van der Waals surface area (Å²) in [6, 6.07) is 13.5. The summed E-state index contributed by atoms with van der Waals surface area (Å²) in [5.41, 5.74) is 8.46. The highest BCUT2D eigenvalue weighted by Crippen LogP contribution is 2.23. The fourth-order valence-electron chi connectivity index (χ4n) is 1.99. The van der Waals surface area contributed by atoms with Gasteiger partial charge in [0.05, 0.1) is 24.5 Å². The van der Waals surface area contributed by atoms with E-state index in [-0.39, 0.29) is 0 Å². The third-order valence-corrected chi connectivity index (χ3v) is 2.89. The first-order valence-electron chi connectivity index (χ1n) is 5.65. The third kappa shape index (κ3) is 1.68. The van der Waals surface area contributed by atoms with E-state index in [1.54, 1.807) is 7.11 Å². The van der Waals surface area contributed by atoms with E-state index < -0.39 is 0 Å². The van der Waals surface area contributed by atoms with E-state index in [1.165, 1.54) is 0 Å².